The maximum Gasteiger partial charge on any atom is 0.312 e. The summed E-state index contributed by atoms with van der Waals surface area (Å²) in [6.07, 6.45) is 3.40. The van der Waals surface area contributed by atoms with Gasteiger partial charge in [0, 0.05) is 5.69 Å². The molecule has 0 radical (unpaired) electrons. The highest BCUT2D eigenvalue weighted by molar-refractivity contribution is 7.98. The zero-order chi connectivity index (χ0) is 17.8. The van der Waals surface area contributed by atoms with E-state index in [-0.39, 0.29) is 5.91 Å². The van der Waals surface area contributed by atoms with E-state index < -0.39 is 12.1 Å². The molecule has 1 atom stereocenters. The number of primary amides is 1. The number of amides is 3. The van der Waals surface area contributed by atoms with Crippen molar-refractivity contribution in [2.75, 3.05) is 17.3 Å². The van der Waals surface area contributed by atoms with Gasteiger partial charge in [-0.2, -0.15) is 11.8 Å². The van der Waals surface area contributed by atoms with Crippen molar-refractivity contribution in [3.05, 3.63) is 53.6 Å². The Labute approximate surface area is 151 Å². The summed E-state index contributed by atoms with van der Waals surface area (Å²) in [4.78, 5) is 23.7. The van der Waals surface area contributed by atoms with Crippen LogP contribution in [-0.4, -0.2) is 30.0 Å². The zero-order valence-electron chi connectivity index (χ0n) is 14.0. The highest BCUT2D eigenvalue weighted by Crippen LogP contribution is 2.37. The van der Waals surface area contributed by atoms with E-state index in [0.717, 1.165) is 23.4 Å². The third-order valence-corrected chi connectivity index (χ3v) is 4.95. The maximum absolute atomic E-state index is 12.5. The van der Waals surface area contributed by atoms with Crippen LogP contribution in [0.2, 0.25) is 0 Å². The Morgan fingerprint density at radius 2 is 1.92 bits per heavy atom. The lowest BCUT2D eigenvalue weighted by Crippen LogP contribution is -2.46. The van der Waals surface area contributed by atoms with Crippen LogP contribution in [0.3, 0.4) is 0 Å². The van der Waals surface area contributed by atoms with E-state index in [0.29, 0.717) is 6.42 Å². The number of nitrogens with two attached hydrogens (primary N) is 1. The van der Waals surface area contributed by atoms with Gasteiger partial charge >= 0.3 is 6.03 Å². The lowest BCUT2D eigenvalue weighted by molar-refractivity contribution is -0.117. The predicted molar refractivity (Wildman–Crippen MR) is 103 cm³/mol. The summed E-state index contributed by atoms with van der Waals surface area (Å²) in [6, 6.07) is 12.9. The Hall–Kier alpha value is -2.47. The molecule has 2 aromatic carbocycles. The molecule has 0 aliphatic heterocycles. The molecule has 4 N–H and O–H groups in total. The number of carbonyl (C=O) groups excluding carboxylic acids is 2. The monoisotopic (exact) mass is 355 g/mol. The third-order valence-electron chi connectivity index (χ3n) is 4.31. The molecule has 25 heavy (non-hydrogen) atoms. The van der Waals surface area contributed by atoms with Gasteiger partial charge in [0.25, 0.3) is 0 Å². The van der Waals surface area contributed by atoms with Crippen LogP contribution in [0.25, 0.3) is 11.1 Å². The molecule has 5 nitrogen and oxygen atoms in total. The standard InChI is InChI=1S/C19H21N3O2S/c1-25-9-8-17(22-19(20)24)18(23)21-14-7-6-13-10-12-4-2-3-5-15(12)16(13)11-14/h2-7,11,17H,8-10H2,1H3,(H,21,23)(H3,20,22,24)/t17-/m0/s1. The first-order chi connectivity index (χ1) is 12.1. The molecule has 1 aliphatic carbocycles. The Bertz CT molecular complexity index is 807. The molecule has 6 heteroatoms. The molecule has 0 aromatic heterocycles. The number of thioether (sulfide) groups is 1. The predicted octanol–water partition coefficient (Wildman–Crippen LogP) is 2.99. The molecule has 0 fully saturated rings. The van der Waals surface area contributed by atoms with E-state index in [1.54, 1.807) is 11.8 Å². The molecule has 130 valence electrons. The number of fused-ring (bicyclic) bond motifs is 3. The van der Waals surface area contributed by atoms with Gasteiger partial charge in [0.2, 0.25) is 5.91 Å². The van der Waals surface area contributed by atoms with Crippen LogP contribution in [0.5, 0.6) is 0 Å². The Morgan fingerprint density at radius 3 is 2.68 bits per heavy atom. The van der Waals surface area contributed by atoms with Gasteiger partial charge in [0.15, 0.2) is 0 Å². The summed E-state index contributed by atoms with van der Waals surface area (Å²) in [5.74, 6) is 0.509. The van der Waals surface area contributed by atoms with E-state index in [1.807, 2.05) is 36.6 Å². The number of urea groups is 1. The molecule has 1 aliphatic rings. The average Bonchev–Trinajstić information content (AvgIpc) is 2.96. The molecule has 3 amide bonds. The number of anilines is 1. The maximum atomic E-state index is 12.5. The molecular formula is C19H21N3O2S. The van der Waals surface area contributed by atoms with Crippen LogP contribution < -0.4 is 16.4 Å². The van der Waals surface area contributed by atoms with Crippen LogP contribution in [0.1, 0.15) is 17.5 Å². The summed E-state index contributed by atoms with van der Waals surface area (Å²) >= 11 is 1.62. The minimum absolute atomic E-state index is 0.251. The van der Waals surface area contributed by atoms with E-state index in [4.69, 9.17) is 5.73 Å². The molecule has 3 rings (SSSR count). The topological polar surface area (TPSA) is 84.2 Å². The second-order valence-corrected chi connectivity index (χ2v) is 7.02. The molecule has 0 unspecified atom stereocenters. The summed E-state index contributed by atoms with van der Waals surface area (Å²) < 4.78 is 0. The van der Waals surface area contributed by atoms with Crippen LogP contribution in [0.4, 0.5) is 10.5 Å². The van der Waals surface area contributed by atoms with E-state index in [1.165, 1.54) is 16.7 Å². The molecule has 0 bridgehead atoms. The van der Waals surface area contributed by atoms with Crippen molar-refractivity contribution in [2.45, 2.75) is 18.9 Å². The normalized spacial score (nSPS) is 12.8. The fourth-order valence-corrected chi connectivity index (χ4v) is 3.58. The van der Waals surface area contributed by atoms with Gasteiger partial charge < -0.3 is 16.4 Å². The minimum atomic E-state index is -0.691. The van der Waals surface area contributed by atoms with Gasteiger partial charge in [0.1, 0.15) is 6.04 Å². The first kappa shape index (κ1) is 17.4. The van der Waals surface area contributed by atoms with Crippen LogP contribution in [0.15, 0.2) is 42.5 Å². The second kappa shape index (κ2) is 7.61. The molecule has 2 aromatic rings. The average molecular weight is 355 g/mol. The van der Waals surface area contributed by atoms with Crippen molar-refractivity contribution in [3.63, 3.8) is 0 Å². The van der Waals surface area contributed by atoms with Gasteiger partial charge in [-0.3, -0.25) is 4.79 Å². The van der Waals surface area contributed by atoms with Crippen molar-refractivity contribution >= 4 is 29.4 Å². The number of hydrogen-bond donors (Lipinski definition) is 3. The van der Waals surface area contributed by atoms with Gasteiger partial charge in [0.05, 0.1) is 0 Å². The highest BCUT2D eigenvalue weighted by Gasteiger charge is 2.21. The van der Waals surface area contributed by atoms with E-state index in [9.17, 15) is 9.59 Å². The van der Waals surface area contributed by atoms with Crippen LogP contribution in [-0.2, 0) is 11.2 Å². The van der Waals surface area contributed by atoms with Gasteiger partial charge in [-0.05, 0) is 59.2 Å². The Morgan fingerprint density at radius 1 is 1.16 bits per heavy atom. The number of rotatable bonds is 6. The van der Waals surface area contributed by atoms with Crippen molar-refractivity contribution in [1.29, 1.82) is 0 Å². The number of hydrogen-bond acceptors (Lipinski definition) is 3. The van der Waals surface area contributed by atoms with Crippen LogP contribution >= 0.6 is 11.8 Å². The fourth-order valence-electron chi connectivity index (χ4n) is 3.11. The van der Waals surface area contributed by atoms with Crippen LogP contribution in [0, 0.1) is 0 Å². The van der Waals surface area contributed by atoms with Crippen molar-refractivity contribution in [2.24, 2.45) is 5.73 Å². The molecule has 0 saturated heterocycles. The summed E-state index contributed by atoms with van der Waals surface area (Å²) in [6.45, 7) is 0. The smallest absolute Gasteiger partial charge is 0.312 e. The first-order valence-corrected chi connectivity index (χ1v) is 9.55. The Balaban J connectivity index is 1.77. The summed E-state index contributed by atoms with van der Waals surface area (Å²) in [5.41, 5.74) is 10.8. The van der Waals surface area contributed by atoms with Crippen molar-refractivity contribution in [3.8, 4) is 11.1 Å². The number of carbonyl (C=O) groups is 2. The molecule has 0 heterocycles. The highest BCUT2D eigenvalue weighted by atomic mass is 32.2. The van der Waals surface area contributed by atoms with E-state index in [2.05, 4.69) is 22.8 Å². The number of benzene rings is 2. The minimum Gasteiger partial charge on any atom is -0.352 e. The molecular weight excluding hydrogens is 334 g/mol. The number of nitrogens with one attached hydrogen (secondary N) is 2. The first-order valence-electron chi connectivity index (χ1n) is 8.15. The van der Waals surface area contributed by atoms with Crippen molar-refractivity contribution in [1.82, 2.24) is 5.32 Å². The molecule has 0 saturated carbocycles. The Kier molecular flexibility index (Phi) is 5.28. The van der Waals surface area contributed by atoms with E-state index >= 15 is 0 Å². The second-order valence-electron chi connectivity index (χ2n) is 6.04. The summed E-state index contributed by atoms with van der Waals surface area (Å²) in [7, 11) is 0. The third kappa shape index (κ3) is 3.96. The lowest BCUT2D eigenvalue weighted by Gasteiger charge is -2.17. The zero-order valence-corrected chi connectivity index (χ0v) is 14.9. The van der Waals surface area contributed by atoms with Gasteiger partial charge in [-0.1, -0.05) is 30.3 Å². The fraction of sp³-hybridized carbons (Fsp3) is 0.263. The largest absolute Gasteiger partial charge is 0.352 e. The quantitative estimate of drug-likeness (QED) is 0.635. The SMILES string of the molecule is CSCC[C@H](NC(N)=O)C(=O)Nc1ccc2c(c1)-c1ccccc1C2. The van der Waals surface area contributed by atoms with Gasteiger partial charge in [-0.25, -0.2) is 4.79 Å². The lowest BCUT2D eigenvalue weighted by atomic mass is 10.1. The van der Waals surface area contributed by atoms with Crippen molar-refractivity contribution < 1.29 is 9.59 Å². The molecule has 0 spiro atoms. The summed E-state index contributed by atoms with van der Waals surface area (Å²) in [5, 5.41) is 5.41. The van der Waals surface area contributed by atoms with Gasteiger partial charge in [-0.15, -0.1) is 0 Å².